The van der Waals surface area contributed by atoms with Crippen molar-refractivity contribution >= 4 is 17.5 Å². The summed E-state index contributed by atoms with van der Waals surface area (Å²) in [7, 11) is 0. The number of hydrogen-bond acceptors (Lipinski definition) is 4. The summed E-state index contributed by atoms with van der Waals surface area (Å²) in [6.07, 6.45) is 0.267. The molecule has 0 bridgehead atoms. The van der Waals surface area contributed by atoms with Gasteiger partial charge in [0.15, 0.2) is 0 Å². The highest BCUT2D eigenvalue weighted by molar-refractivity contribution is 6.00. The number of anilines is 1. The van der Waals surface area contributed by atoms with Gasteiger partial charge in [-0.15, -0.1) is 0 Å². The molecule has 1 atom stereocenters. The summed E-state index contributed by atoms with van der Waals surface area (Å²) in [4.78, 5) is 27.9. The van der Waals surface area contributed by atoms with Gasteiger partial charge in [0, 0.05) is 18.7 Å². The molecule has 7 heteroatoms. The SMILES string of the molecule is CCOc1ccc(N2C[C@@H](C(=O)NCC[NH+]3CCOCC3)CC2=O)cc1. The monoisotopic (exact) mass is 362 g/mol. The Bertz CT molecular complexity index is 614. The van der Waals surface area contributed by atoms with E-state index >= 15 is 0 Å². The second-order valence-corrected chi connectivity index (χ2v) is 6.74. The number of ether oxygens (including phenoxy) is 2. The van der Waals surface area contributed by atoms with E-state index in [4.69, 9.17) is 9.47 Å². The van der Waals surface area contributed by atoms with Crippen molar-refractivity contribution in [3.8, 4) is 5.75 Å². The van der Waals surface area contributed by atoms with Gasteiger partial charge in [0.25, 0.3) is 0 Å². The van der Waals surface area contributed by atoms with Crippen LogP contribution in [0, 0.1) is 5.92 Å². The maximum atomic E-state index is 12.4. The van der Waals surface area contributed by atoms with Gasteiger partial charge in [0.1, 0.15) is 18.8 Å². The predicted molar refractivity (Wildman–Crippen MR) is 97.5 cm³/mol. The van der Waals surface area contributed by atoms with E-state index in [1.165, 1.54) is 4.90 Å². The van der Waals surface area contributed by atoms with Crippen molar-refractivity contribution in [1.82, 2.24) is 5.32 Å². The van der Waals surface area contributed by atoms with Crippen molar-refractivity contribution < 1.29 is 24.0 Å². The normalized spacial score (nSPS) is 21.0. The van der Waals surface area contributed by atoms with Gasteiger partial charge in [-0.2, -0.15) is 0 Å². The molecular weight excluding hydrogens is 334 g/mol. The quantitative estimate of drug-likeness (QED) is 0.684. The molecule has 2 amide bonds. The lowest BCUT2D eigenvalue weighted by molar-refractivity contribution is -0.906. The van der Waals surface area contributed by atoms with Crippen LogP contribution >= 0.6 is 0 Å². The average Bonchev–Trinajstić information content (AvgIpc) is 3.05. The maximum Gasteiger partial charge on any atom is 0.227 e. The van der Waals surface area contributed by atoms with E-state index < -0.39 is 0 Å². The molecular formula is C19H28N3O4+. The summed E-state index contributed by atoms with van der Waals surface area (Å²) in [6, 6.07) is 7.44. The largest absolute Gasteiger partial charge is 0.494 e. The fourth-order valence-corrected chi connectivity index (χ4v) is 3.44. The minimum absolute atomic E-state index is 0.00638. The van der Waals surface area contributed by atoms with Crippen LogP contribution in [0.2, 0.25) is 0 Å². The summed E-state index contributed by atoms with van der Waals surface area (Å²) < 4.78 is 10.8. The number of nitrogens with zero attached hydrogens (tertiary/aromatic N) is 1. The molecule has 142 valence electrons. The molecule has 7 nitrogen and oxygen atoms in total. The maximum absolute atomic E-state index is 12.4. The number of rotatable bonds is 7. The van der Waals surface area contributed by atoms with Gasteiger partial charge in [-0.25, -0.2) is 0 Å². The highest BCUT2D eigenvalue weighted by Crippen LogP contribution is 2.26. The number of nitrogens with one attached hydrogen (secondary N) is 2. The van der Waals surface area contributed by atoms with Gasteiger partial charge >= 0.3 is 0 Å². The molecule has 26 heavy (non-hydrogen) atoms. The van der Waals surface area contributed by atoms with Crippen LogP contribution in [0.3, 0.4) is 0 Å². The number of hydrogen-bond donors (Lipinski definition) is 2. The molecule has 0 spiro atoms. The van der Waals surface area contributed by atoms with Crippen LogP contribution in [0.15, 0.2) is 24.3 Å². The van der Waals surface area contributed by atoms with E-state index in [1.807, 2.05) is 31.2 Å². The molecule has 2 fully saturated rings. The Balaban J connectivity index is 1.47. The Morgan fingerprint density at radius 3 is 2.73 bits per heavy atom. The van der Waals surface area contributed by atoms with Crippen molar-refractivity contribution in [3.05, 3.63) is 24.3 Å². The molecule has 2 saturated heterocycles. The highest BCUT2D eigenvalue weighted by Gasteiger charge is 2.35. The third-order valence-corrected chi connectivity index (χ3v) is 4.93. The summed E-state index contributed by atoms with van der Waals surface area (Å²) >= 11 is 0. The van der Waals surface area contributed by atoms with Crippen molar-refractivity contribution in [3.63, 3.8) is 0 Å². The highest BCUT2D eigenvalue weighted by atomic mass is 16.5. The lowest BCUT2D eigenvalue weighted by Crippen LogP contribution is -3.14. The summed E-state index contributed by atoms with van der Waals surface area (Å²) in [5.41, 5.74) is 0.812. The summed E-state index contributed by atoms with van der Waals surface area (Å²) in [6.45, 7) is 8.07. The lowest BCUT2D eigenvalue weighted by atomic mass is 10.1. The van der Waals surface area contributed by atoms with E-state index in [1.54, 1.807) is 4.90 Å². The number of quaternary nitrogens is 1. The molecule has 2 aliphatic rings. The average molecular weight is 362 g/mol. The van der Waals surface area contributed by atoms with E-state index in [2.05, 4.69) is 5.32 Å². The van der Waals surface area contributed by atoms with E-state index in [0.717, 1.165) is 44.3 Å². The van der Waals surface area contributed by atoms with Crippen LogP contribution in [0.4, 0.5) is 5.69 Å². The number of amides is 2. The molecule has 1 aromatic rings. The molecule has 1 aromatic carbocycles. The van der Waals surface area contributed by atoms with Gasteiger partial charge < -0.3 is 24.6 Å². The zero-order chi connectivity index (χ0) is 18.4. The Labute approximate surface area is 154 Å². The van der Waals surface area contributed by atoms with E-state index in [0.29, 0.717) is 19.7 Å². The van der Waals surface area contributed by atoms with Crippen molar-refractivity contribution in [2.75, 3.05) is 57.4 Å². The first-order chi connectivity index (χ1) is 12.7. The van der Waals surface area contributed by atoms with Crippen molar-refractivity contribution in [1.29, 1.82) is 0 Å². The molecule has 0 saturated carbocycles. The number of carbonyl (C=O) groups is 2. The van der Waals surface area contributed by atoms with Crippen molar-refractivity contribution in [2.24, 2.45) is 5.92 Å². The number of morpholine rings is 1. The third kappa shape index (κ3) is 4.74. The first kappa shape index (κ1) is 18.7. The Kier molecular flexibility index (Phi) is 6.46. The van der Waals surface area contributed by atoms with Gasteiger partial charge in [-0.05, 0) is 31.2 Å². The summed E-state index contributed by atoms with van der Waals surface area (Å²) in [5, 5.41) is 2.99. The minimum atomic E-state index is -0.284. The fourth-order valence-electron chi connectivity index (χ4n) is 3.44. The molecule has 0 radical (unpaired) electrons. The molecule has 0 unspecified atom stereocenters. The molecule has 2 aliphatic heterocycles. The van der Waals surface area contributed by atoms with Crippen LogP contribution in [-0.2, 0) is 14.3 Å². The number of carbonyl (C=O) groups excluding carboxylic acids is 2. The van der Waals surface area contributed by atoms with Crippen LogP contribution in [0.1, 0.15) is 13.3 Å². The molecule has 2 N–H and O–H groups in total. The van der Waals surface area contributed by atoms with E-state index in [9.17, 15) is 9.59 Å². The van der Waals surface area contributed by atoms with Crippen LogP contribution < -0.4 is 19.9 Å². The van der Waals surface area contributed by atoms with Crippen LogP contribution in [0.5, 0.6) is 5.75 Å². The first-order valence-corrected chi connectivity index (χ1v) is 9.39. The second kappa shape index (κ2) is 9.00. The van der Waals surface area contributed by atoms with Gasteiger partial charge in [0.05, 0.1) is 38.8 Å². The first-order valence-electron chi connectivity index (χ1n) is 9.39. The molecule has 0 aliphatic carbocycles. The fraction of sp³-hybridized carbons (Fsp3) is 0.579. The zero-order valence-electron chi connectivity index (χ0n) is 15.3. The lowest BCUT2D eigenvalue weighted by Gasteiger charge is -2.24. The van der Waals surface area contributed by atoms with E-state index in [-0.39, 0.29) is 24.2 Å². The van der Waals surface area contributed by atoms with Crippen molar-refractivity contribution in [2.45, 2.75) is 13.3 Å². The molecule has 3 rings (SSSR count). The Morgan fingerprint density at radius 2 is 2.04 bits per heavy atom. The van der Waals surface area contributed by atoms with Gasteiger partial charge in [-0.1, -0.05) is 0 Å². The molecule has 0 aromatic heterocycles. The Morgan fingerprint density at radius 1 is 1.31 bits per heavy atom. The second-order valence-electron chi connectivity index (χ2n) is 6.74. The predicted octanol–water partition coefficient (Wildman–Crippen LogP) is -0.530. The van der Waals surface area contributed by atoms with Crippen LogP contribution in [-0.4, -0.2) is 64.4 Å². The minimum Gasteiger partial charge on any atom is -0.494 e. The molecule has 2 heterocycles. The van der Waals surface area contributed by atoms with Gasteiger partial charge in [-0.3, -0.25) is 9.59 Å². The Hall–Kier alpha value is -2.12. The summed E-state index contributed by atoms with van der Waals surface area (Å²) in [5.74, 6) is 0.462. The third-order valence-electron chi connectivity index (χ3n) is 4.93. The van der Waals surface area contributed by atoms with Crippen LogP contribution in [0.25, 0.3) is 0 Å². The number of benzene rings is 1. The smallest absolute Gasteiger partial charge is 0.227 e. The standard InChI is InChI=1S/C19H27N3O4/c1-2-26-17-5-3-16(4-6-17)22-14-15(13-18(22)23)19(24)20-7-8-21-9-11-25-12-10-21/h3-6,15H,2,7-14H2,1H3,(H,20,24)/p+1/t15-/m0/s1. The van der Waals surface area contributed by atoms with Gasteiger partial charge in [0.2, 0.25) is 11.8 Å². The zero-order valence-corrected chi connectivity index (χ0v) is 15.3. The topological polar surface area (TPSA) is 72.3 Å².